The third kappa shape index (κ3) is 2.20. The fraction of sp³-hybridized carbons (Fsp3) is 0. The van der Waals surface area contributed by atoms with Crippen LogP contribution in [0.2, 0.25) is 0 Å². The van der Waals surface area contributed by atoms with Crippen molar-refractivity contribution in [2.24, 2.45) is 0 Å². The number of fused-ring (bicyclic) bond motifs is 2. The number of benzene rings is 2. The maximum absolute atomic E-state index is 12.1. The molecule has 1 aromatic heterocycles. The zero-order valence-corrected chi connectivity index (χ0v) is 10.8. The smallest absolute Gasteiger partial charge is 0.195 e. The van der Waals surface area contributed by atoms with Crippen molar-refractivity contribution in [2.75, 3.05) is 0 Å². The van der Waals surface area contributed by atoms with Crippen molar-refractivity contribution in [1.29, 1.82) is 0 Å². The quantitative estimate of drug-likeness (QED) is 0.576. The van der Waals surface area contributed by atoms with Crippen molar-refractivity contribution < 1.29 is 5.48 Å². The molecule has 0 saturated heterocycles. The molecule has 0 aliphatic heterocycles. The van der Waals surface area contributed by atoms with Crippen LogP contribution in [0.4, 0.5) is 0 Å². The molecule has 0 atom stereocenters. The van der Waals surface area contributed by atoms with Crippen LogP contribution >= 0.6 is 24.8 Å². The van der Waals surface area contributed by atoms with Crippen LogP contribution in [0.15, 0.2) is 53.3 Å². The number of hydrogen-bond acceptors (Lipinski definition) is 2. The second-order valence-corrected chi connectivity index (χ2v) is 4.51. The summed E-state index contributed by atoms with van der Waals surface area (Å²) in [6.07, 6.45) is 0. The van der Waals surface area contributed by atoms with Crippen molar-refractivity contribution >= 4 is 45.0 Å². The lowest BCUT2D eigenvalue weighted by Gasteiger charge is -1.99. The molecule has 2 aromatic carbocycles. The van der Waals surface area contributed by atoms with E-state index in [2.05, 4.69) is 0 Å². The Hall–Kier alpha value is -1.36. The van der Waals surface area contributed by atoms with Gasteiger partial charge in [0.05, 0.1) is 0 Å². The highest BCUT2D eigenvalue weighted by Crippen LogP contribution is 2.23. The van der Waals surface area contributed by atoms with Crippen molar-refractivity contribution in [2.45, 2.75) is 0 Å². The zero-order chi connectivity index (χ0) is 10.3. The SMILES string of the molecule is O.O=c1c2ccccc2sc2ccccc12.S. The van der Waals surface area contributed by atoms with Crippen molar-refractivity contribution in [1.82, 2.24) is 0 Å². The van der Waals surface area contributed by atoms with E-state index in [1.807, 2.05) is 48.5 Å². The van der Waals surface area contributed by atoms with Gasteiger partial charge in [0, 0.05) is 20.2 Å². The molecule has 2 nitrogen and oxygen atoms in total. The van der Waals surface area contributed by atoms with Crippen molar-refractivity contribution in [3.05, 3.63) is 58.8 Å². The van der Waals surface area contributed by atoms with Gasteiger partial charge in [0.25, 0.3) is 0 Å². The molecular weight excluding hydrogens is 252 g/mol. The topological polar surface area (TPSA) is 48.6 Å². The second kappa shape index (κ2) is 5.31. The summed E-state index contributed by atoms with van der Waals surface area (Å²) in [5.41, 5.74) is 0.139. The standard InChI is InChI=1S/C13H8OS.H2O.H2S/c14-13-9-5-1-3-7-11(9)15-12-8-4-2-6-10(12)13;;/h1-8H;2*1H2. The van der Waals surface area contributed by atoms with E-state index in [9.17, 15) is 4.79 Å². The summed E-state index contributed by atoms with van der Waals surface area (Å²) < 4.78 is 2.11. The number of rotatable bonds is 0. The predicted molar refractivity (Wildman–Crippen MR) is 79.6 cm³/mol. The van der Waals surface area contributed by atoms with Gasteiger partial charge in [0.1, 0.15) is 0 Å². The Balaban J connectivity index is 0.000000722. The summed E-state index contributed by atoms with van der Waals surface area (Å²) in [5, 5.41) is 1.64. The normalized spacial score (nSPS) is 9.65. The third-order valence-corrected chi connectivity index (χ3v) is 3.64. The molecule has 0 fully saturated rings. The van der Waals surface area contributed by atoms with E-state index in [0.717, 1.165) is 20.2 Å². The van der Waals surface area contributed by atoms with Crippen LogP contribution in [0.25, 0.3) is 20.2 Å². The Morgan fingerprint density at radius 1 is 0.765 bits per heavy atom. The van der Waals surface area contributed by atoms with Gasteiger partial charge in [-0.05, 0) is 24.3 Å². The minimum absolute atomic E-state index is 0. The molecule has 0 unspecified atom stereocenters. The van der Waals surface area contributed by atoms with E-state index in [1.165, 1.54) is 0 Å². The molecule has 0 radical (unpaired) electrons. The van der Waals surface area contributed by atoms with Crippen molar-refractivity contribution in [3.8, 4) is 0 Å². The van der Waals surface area contributed by atoms with E-state index < -0.39 is 0 Å². The molecule has 0 spiro atoms. The highest BCUT2D eigenvalue weighted by molar-refractivity contribution is 7.59. The molecule has 2 N–H and O–H groups in total. The van der Waals surface area contributed by atoms with Crippen LogP contribution in [-0.2, 0) is 0 Å². The van der Waals surface area contributed by atoms with Crippen LogP contribution in [-0.4, -0.2) is 5.48 Å². The highest BCUT2D eigenvalue weighted by atomic mass is 32.1. The maximum atomic E-state index is 12.1. The van der Waals surface area contributed by atoms with Gasteiger partial charge in [-0.3, -0.25) is 4.79 Å². The van der Waals surface area contributed by atoms with Crippen LogP contribution in [0.5, 0.6) is 0 Å². The molecule has 0 aliphatic carbocycles. The lowest BCUT2D eigenvalue weighted by Crippen LogP contribution is -1.99. The molecule has 3 rings (SSSR count). The summed E-state index contributed by atoms with van der Waals surface area (Å²) in [6.45, 7) is 0. The van der Waals surface area contributed by atoms with E-state index >= 15 is 0 Å². The van der Waals surface area contributed by atoms with Crippen molar-refractivity contribution in [3.63, 3.8) is 0 Å². The molecule has 0 amide bonds. The Morgan fingerprint density at radius 3 is 1.65 bits per heavy atom. The summed E-state index contributed by atoms with van der Waals surface area (Å²) in [7, 11) is 0. The molecular formula is C13H12O2S2. The average Bonchev–Trinajstić information content (AvgIpc) is 2.30. The molecule has 0 saturated carbocycles. The molecule has 0 aliphatic rings. The fourth-order valence-corrected chi connectivity index (χ4v) is 2.82. The van der Waals surface area contributed by atoms with E-state index in [-0.39, 0.29) is 24.4 Å². The monoisotopic (exact) mass is 264 g/mol. The van der Waals surface area contributed by atoms with Gasteiger partial charge in [-0.2, -0.15) is 13.5 Å². The maximum Gasteiger partial charge on any atom is 0.195 e. The molecule has 88 valence electrons. The first kappa shape index (κ1) is 13.7. The van der Waals surface area contributed by atoms with Gasteiger partial charge < -0.3 is 5.48 Å². The van der Waals surface area contributed by atoms with Crippen LogP contribution in [0, 0.1) is 0 Å². The van der Waals surface area contributed by atoms with E-state index in [4.69, 9.17) is 0 Å². The van der Waals surface area contributed by atoms with Gasteiger partial charge >= 0.3 is 0 Å². The minimum atomic E-state index is 0. The predicted octanol–water partition coefficient (Wildman–Crippen LogP) is 2.70. The summed E-state index contributed by atoms with van der Waals surface area (Å²) >= 11 is 1.67. The second-order valence-electron chi connectivity index (χ2n) is 3.42. The third-order valence-electron chi connectivity index (χ3n) is 2.48. The Labute approximate surface area is 109 Å². The summed E-state index contributed by atoms with van der Waals surface area (Å²) in [4.78, 5) is 12.1. The first-order chi connectivity index (χ1) is 7.36. The molecule has 4 heteroatoms. The molecule has 3 aromatic rings. The van der Waals surface area contributed by atoms with Crippen LogP contribution in [0.1, 0.15) is 0 Å². The lowest BCUT2D eigenvalue weighted by molar-refractivity contribution is 0.824. The summed E-state index contributed by atoms with van der Waals surface area (Å²) in [5.74, 6) is 0. The summed E-state index contributed by atoms with van der Waals surface area (Å²) in [6, 6.07) is 15.5. The van der Waals surface area contributed by atoms with Crippen LogP contribution < -0.4 is 5.43 Å². The highest BCUT2D eigenvalue weighted by Gasteiger charge is 2.03. The van der Waals surface area contributed by atoms with Gasteiger partial charge in [0.2, 0.25) is 0 Å². The van der Waals surface area contributed by atoms with Crippen LogP contribution in [0.3, 0.4) is 0 Å². The largest absolute Gasteiger partial charge is 0.412 e. The first-order valence-electron chi connectivity index (χ1n) is 4.77. The Morgan fingerprint density at radius 2 is 1.18 bits per heavy atom. The van der Waals surface area contributed by atoms with E-state index in [1.54, 1.807) is 11.3 Å². The first-order valence-corrected chi connectivity index (χ1v) is 5.58. The lowest BCUT2D eigenvalue weighted by atomic mass is 10.2. The minimum Gasteiger partial charge on any atom is -0.412 e. The van der Waals surface area contributed by atoms with Gasteiger partial charge in [0.15, 0.2) is 5.43 Å². The Kier molecular flexibility index (Phi) is 4.28. The van der Waals surface area contributed by atoms with Gasteiger partial charge in [-0.1, -0.05) is 24.3 Å². The van der Waals surface area contributed by atoms with Gasteiger partial charge in [-0.25, -0.2) is 0 Å². The number of hydrogen-bond donors (Lipinski definition) is 0. The zero-order valence-electron chi connectivity index (χ0n) is 8.94. The Bertz CT molecular complexity index is 647. The molecule has 1 heterocycles. The average molecular weight is 264 g/mol. The molecule has 17 heavy (non-hydrogen) atoms. The van der Waals surface area contributed by atoms with Gasteiger partial charge in [-0.15, -0.1) is 11.3 Å². The fourth-order valence-electron chi connectivity index (χ4n) is 1.75. The van der Waals surface area contributed by atoms with E-state index in [0.29, 0.717) is 0 Å². The molecule has 0 bridgehead atoms.